The minimum atomic E-state index is 0.453. The molecule has 4 heteroatoms. The average Bonchev–Trinajstić information content (AvgIpc) is 3.04. The minimum Gasteiger partial charge on any atom is -0.375 e. The van der Waals surface area contributed by atoms with Gasteiger partial charge in [-0.15, -0.1) is 0 Å². The molecule has 3 rings (SSSR count). The zero-order chi connectivity index (χ0) is 14.7. The Balaban J connectivity index is 1.58. The summed E-state index contributed by atoms with van der Waals surface area (Å²) in [6, 6.07) is 6.00. The first kappa shape index (κ1) is 14.9. The Kier molecular flexibility index (Phi) is 4.57. The Hall–Kier alpha value is -0.970. The van der Waals surface area contributed by atoms with Gasteiger partial charge in [-0.25, -0.2) is 0 Å². The molecule has 0 aromatic carbocycles. The van der Waals surface area contributed by atoms with E-state index in [1.165, 1.54) is 32.6 Å². The van der Waals surface area contributed by atoms with Crippen LogP contribution in [-0.2, 0) is 11.3 Å². The number of likely N-dealkylation sites (tertiary alicyclic amines) is 2. The van der Waals surface area contributed by atoms with E-state index >= 15 is 0 Å². The van der Waals surface area contributed by atoms with Crippen LogP contribution < -0.4 is 0 Å². The number of hydrogen-bond acceptors (Lipinski definition) is 4. The number of hydrogen-bond donors (Lipinski definition) is 0. The van der Waals surface area contributed by atoms with Crippen LogP contribution in [0, 0.1) is 11.3 Å². The van der Waals surface area contributed by atoms with E-state index in [9.17, 15) is 0 Å². The van der Waals surface area contributed by atoms with Gasteiger partial charge in [0.1, 0.15) is 0 Å². The predicted octanol–water partition coefficient (Wildman–Crippen LogP) is 1.87. The number of nitrogens with zero attached hydrogens (tertiary/aromatic N) is 3. The van der Waals surface area contributed by atoms with E-state index in [1.54, 1.807) is 0 Å². The fourth-order valence-corrected chi connectivity index (χ4v) is 3.98. The highest BCUT2D eigenvalue weighted by molar-refractivity contribution is 5.03. The van der Waals surface area contributed by atoms with Gasteiger partial charge in [-0.3, -0.25) is 4.98 Å². The molecule has 1 aromatic rings. The monoisotopic (exact) mass is 289 g/mol. The molecule has 3 heterocycles. The molecule has 0 saturated carbocycles. The normalized spacial score (nSPS) is 30.5. The SMILES string of the molecule is CCN1C[C@H](COCc2ccccn2)[C@]2(CCN(C)C2)C1. The van der Waals surface area contributed by atoms with Crippen molar-refractivity contribution in [1.82, 2.24) is 14.8 Å². The van der Waals surface area contributed by atoms with E-state index in [1.807, 2.05) is 24.4 Å². The Morgan fingerprint density at radius 1 is 1.38 bits per heavy atom. The first-order valence-electron chi connectivity index (χ1n) is 8.10. The molecule has 1 aromatic heterocycles. The summed E-state index contributed by atoms with van der Waals surface area (Å²) >= 11 is 0. The zero-order valence-corrected chi connectivity index (χ0v) is 13.3. The zero-order valence-electron chi connectivity index (χ0n) is 13.3. The van der Waals surface area contributed by atoms with Gasteiger partial charge in [0.2, 0.25) is 0 Å². The van der Waals surface area contributed by atoms with Crippen molar-refractivity contribution in [1.29, 1.82) is 0 Å². The molecule has 0 N–H and O–H groups in total. The lowest BCUT2D eigenvalue weighted by atomic mass is 9.78. The lowest BCUT2D eigenvalue weighted by Crippen LogP contribution is -2.35. The molecular weight excluding hydrogens is 262 g/mol. The van der Waals surface area contributed by atoms with E-state index in [0.29, 0.717) is 17.9 Å². The summed E-state index contributed by atoms with van der Waals surface area (Å²) in [5.74, 6) is 0.658. The van der Waals surface area contributed by atoms with Crippen molar-refractivity contribution in [2.24, 2.45) is 11.3 Å². The van der Waals surface area contributed by atoms with Gasteiger partial charge in [-0.1, -0.05) is 13.0 Å². The molecular formula is C17H27N3O. The molecule has 0 radical (unpaired) electrons. The van der Waals surface area contributed by atoms with E-state index in [-0.39, 0.29) is 0 Å². The minimum absolute atomic E-state index is 0.453. The van der Waals surface area contributed by atoms with Crippen molar-refractivity contribution >= 4 is 0 Å². The van der Waals surface area contributed by atoms with Crippen molar-refractivity contribution in [2.75, 3.05) is 46.4 Å². The number of pyridine rings is 1. The second kappa shape index (κ2) is 6.42. The fraction of sp³-hybridized carbons (Fsp3) is 0.706. The topological polar surface area (TPSA) is 28.6 Å². The van der Waals surface area contributed by atoms with Gasteiger partial charge in [-0.2, -0.15) is 0 Å². The molecule has 4 nitrogen and oxygen atoms in total. The van der Waals surface area contributed by atoms with Crippen LogP contribution in [0.15, 0.2) is 24.4 Å². The van der Waals surface area contributed by atoms with Gasteiger partial charge in [0.05, 0.1) is 18.9 Å². The van der Waals surface area contributed by atoms with Gasteiger partial charge in [-0.05, 0) is 38.7 Å². The Labute approximate surface area is 128 Å². The Morgan fingerprint density at radius 3 is 2.95 bits per heavy atom. The van der Waals surface area contributed by atoms with Crippen LogP contribution >= 0.6 is 0 Å². The van der Waals surface area contributed by atoms with E-state index < -0.39 is 0 Å². The molecule has 0 aliphatic carbocycles. The first-order chi connectivity index (χ1) is 10.2. The highest BCUT2D eigenvalue weighted by atomic mass is 16.5. The lowest BCUT2D eigenvalue weighted by Gasteiger charge is -2.30. The molecule has 0 bridgehead atoms. The number of ether oxygens (including phenoxy) is 1. The van der Waals surface area contributed by atoms with Crippen molar-refractivity contribution < 1.29 is 4.74 Å². The maximum atomic E-state index is 6.01. The Morgan fingerprint density at radius 2 is 2.29 bits per heavy atom. The molecule has 2 atom stereocenters. The van der Waals surface area contributed by atoms with Gasteiger partial charge in [0.15, 0.2) is 0 Å². The molecule has 2 aliphatic heterocycles. The smallest absolute Gasteiger partial charge is 0.0887 e. The Bertz CT molecular complexity index is 453. The molecule has 1 spiro atoms. The molecule has 116 valence electrons. The van der Waals surface area contributed by atoms with E-state index in [4.69, 9.17) is 4.74 Å². The average molecular weight is 289 g/mol. The molecule has 2 fully saturated rings. The standard InChI is InChI=1S/C17H27N3O/c1-3-20-10-15(17(14-20)7-9-19(2)13-17)11-21-12-16-6-4-5-8-18-16/h4-6,8,15H,3,7,9-14H2,1-2H3/t15-,17+/m1/s1. The van der Waals surface area contributed by atoms with E-state index in [2.05, 4.69) is 28.8 Å². The highest BCUT2D eigenvalue weighted by Gasteiger charge is 2.49. The largest absolute Gasteiger partial charge is 0.375 e. The van der Waals surface area contributed by atoms with Crippen LogP contribution in [0.1, 0.15) is 19.0 Å². The predicted molar refractivity (Wildman–Crippen MR) is 84.0 cm³/mol. The second-order valence-electron chi connectivity index (χ2n) is 6.71. The van der Waals surface area contributed by atoms with Gasteiger partial charge in [0.25, 0.3) is 0 Å². The first-order valence-corrected chi connectivity index (χ1v) is 8.10. The quantitative estimate of drug-likeness (QED) is 0.827. The maximum absolute atomic E-state index is 6.01. The van der Waals surface area contributed by atoms with Crippen molar-refractivity contribution in [3.8, 4) is 0 Å². The summed E-state index contributed by atoms with van der Waals surface area (Å²) in [5, 5.41) is 0. The summed E-state index contributed by atoms with van der Waals surface area (Å²) in [6.45, 7) is 9.80. The number of rotatable bonds is 5. The van der Waals surface area contributed by atoms with Crippen LogP contribution in [0.5, 0.6) is 0 Å². The van der Waals surface area contributed by atoms with Gasteiger partial charge >= 0.3 is 0 Å². The third-order valence-electron chi connectivity index (χ3n) is 5.20. The van der Waals surface area contributed by atoms with Crippen LogP contribution in [-0.4, -0.2) is 61.2 Å². The van der Waals surface area contributed by atoms with Crippen LogP contribution in [0.3, 0.4) is 0 Å². The third kappa shape index (κ3) is 3.28. The highest BCUT2D eigenvalue weighted by Crippen LogP contribution is 2.43. The van der Waals surface area contributed by atoms with Gasteiger partial charge < -0.3 is 14.5 Å². The molecule has 2 saturated heterocycles. The molecule has 0 unspecified atom stereocenters. The van der Waals surface area contributed by atoms with Gasteiger partial charge in [0, 0.05) is 37.2 Å². The second-order valence-corrected chi connectivity index (χ2v) is 6.71. The number of aromatic nitrogens is 1. The van der Waals surface area contributed by atoms with Crippen molar-refractivity contribution in [3.05, 3.63) is 30.1 Å². The summed E-state index contributed by atoms with van der Waals surface area (Å²) in [5.41, 5.74) is 1.48. The molecule has 21 heavy (non-hydrogen) atoms. The summed E-state index contributed by atoms with van der Waals surface area (Å²) in [4.78, 5) is 9.40. The third-order valence-corrected chi connectivity index (χ3v) is 5.20. The van der Waals surface area contributed by atoms with Crippen LogP contribution in [0.4, 0.5) is 0 Å². The summed E-state index contributed by atoms with van der Waals surface area (Å²) < 4.78 is 6.01. The van der Waals surface area contributed by atoms with Crippen LogP contribution in [0.2, 0.25) is 0 Å². The van der Waals surface area contributed by atoms with Crippen LogP contribution in [0.25, 0.3) is 0 Å². The van der Waals surface area contributed by atoms with E-state index in [0.717, 1.165) is 18.8 Å². The summed E-state index contributed by atoms with van der Waals surface area (Å²) in [6.07, 6.45) is 3.15. The maximum Gasteiger partial charge on any atom is 0.0887 e. The van der Waals surface area contributed by atoms with Crippen molar-refractivity contribution in [2.45, 2.75) is 20.0 Å². The lowest BCUT2D eigenvalue weighted by molar-refractivity contribution is 0.0512. The fourth-order valence-electron chi connectivity index (χ4n) is 3.98. The molecule has 2 aliphatic rings. The summed E-state index contributed by atoms with van der Waals surface area (Å²) in [7, 11) is 2.25. The van der Waals surface area contributed by atoms with Crippen molar-refractivity contribution in [3.63, 3.8) is 0 Å². The molecule has 0 amide bonds.